The average Bonchev–Trinajstić information content (AvgIpc) is 2.50. The molecule has 116 valence electrons. The van der Waals surface area contributed by atoms with Gasteiger partial charge in [0.1, 0.15) is 18.0 Å². The quantitative estimate of drug-likeness (QED) is 0.882. The van der Waals surface area contributed by atoms with Gasteiger partial charge in [0, 0.05) is 31.7 Å². The molecule has 2 heterocycles. The van der Waals surface area contributed by atoms with E-state index in [1.807, 2.05) is 20.9 Å². The van der Waals surface area contributed by atoms with Gasteiger partial charge in [0.15, 0.2) is 0 Å². The summed E-state index contributed by atoms with van der Waals surface area (Å²) in [6.07, 6.45) is 3.11. The van der Waals surface area contributed by atoms with Crippen molar-refractivity contribution in [2.24, 2.45) is 0 Å². The van der Waals surface area contributed by atoms with Crippen LogP contribution in [0.3, 0.4) is 0 Å². The summed E-state index contributed by atoms with van der Waals surface area (Å²) in [5, 5.41) is 6.49. The number of amides is 1. The molecule has 0 bridgehead atoms. The minimum absolute atomic E-state index is 0.216. The van der Waals surface area contributed by atoms with E-state index in [9.17, 15) is 4.79 Å². The van der Waals surface area contributed by atoms with Gasteiger partial charge in [0.2, 0.25) is 0 Å². The normalized spacial score (nSPS) is 15.7. The van der Waals surface area contributed by atoms with Gasteiger partial charge in [0.05, 0.1) is 6.61 Å². The van der Waals surface area contributed by atoms with Crippen LogP contribution in [0.25, 0.3) is 0 Å². The highest BCUT2D eigenvalue weighted by Gasteiger charge is 2.24. The van der Waals surface area contributed by atoms with Crippen molar-refractivity contribution in [1.82, 2.24) is 14.9 Å². The third kappa shape index (κ3) is 3.74. The van der Waals surface area contributed by atoms with E-state index >= 15 is 0 Å². The summed E-state index contributed by atoms with van der Waals surface area (Å²) in [5.41, 5.74) is 1.01. The lowest BCUT2D eigenvalue weighted by Crippen LogP contribution is -2.42. The number of anilines is 2. The average molecular weight is 293 g/mol. The van der Waals surface area contributed by atoms with Crippen LogP contribution in [0, 0.1) is 6.92 Å². The SMILES string of the molecule is CCOC(=O)N1CCC(Nc2ncnc(NC)c2C)CC1. The number of hydrogen-bond donors (Lipinski definition) is 2. The van der Waals surface area contributed by atoms with Crippen LogP contribution in [0.2, 0.25) is 0 Å². The second-order valence-electron chi connectivity index (χ2n) is 5.05. The number of carbonyl (C=O) groups is 1. The highest BCUT2D eigenvalue weighted by molar-refractivity contribution is 5.67. The highest BCUT2D eigenvalue weighted by atomic mass is 16.6. The number of aromatic nitrogens is 2. The van der Waals surface area contributed by atoms with Crippen molar-refractivity contribution in [2.75, 3.05) is 37.4 Å². The Balaban J connectivity index is 1.90. The molecular weight excluding hydrogens is 270 g/mol. The molecule has 1 aromatic rings. The summed E-state index contributed by atoms with van der Waals surface area (Å²) in [7, 11) is 1.84. The van der Waals surface area contributed by atoms with E-state index in [0.29, 0.717) is 25.7 Å². The van der Waals surface area contributed by atoms with Crippen LogP contribution in [0.15, 0.2) is 6.33 Å². The summed E-state index contributed by atoms with van der Waals surface area (Å²) in [6, 6.07) is 0.314. The molecule has 0 aromatic carbocycles. The predicted molar refractivity (Wildman–Crippen MR) is 81.6 cm³/mol. The number of carbonyl (C=O) groups excluding carboxylic acids is 1. The molecule has 0 aliphatic carbocycles. The number of rotatable bonds is 4. The number of nitrogens with zero attached hydrogens (tertiary/aromatic N) is 3. The van der Waals surface area contributed by atoms with Crippen LogP contribution >= 0.6 is 0 Å². The van der Waals surface area contributed by atoms with Gasteiger partial charge in [-0.25, -0.2) is 14.8 Å². The van der Waals surface area contributed by atoms with Crippen molar-refractivity contribution in [3.8, 4) is 0 Å². The minimum atomic E-state index is -0.216. The molecule has 2 N–H and O–H groups in total. The zero-order chi connectivity index (χ0) is 15.2. The lowest BCUT2D eigenvalue weighted by Gasteiger charge is -2.32. The Morgan fingerprint density at radius 2 is 2.05 bits per heavy atom. The first-order chi connectivity index (χ1) is 10.2. The monoisotopic (exact) mass is 293 g/mol. The van der Waals surface area contributed by atoms with Gasteiger partial charge >= 0.3 is 6.09 Å². The lowest BCUT2D eigenvalue weighted by molar-refractivity contribution is 0.0983. The van der Waals surface area contributed by atoms with Gasteiger partial charge in [-0.15, -0.1) is 0 Å². The van der Waals surface area contributed by atoms with Gasteiger partial charge in [-0.05, 0) is 26.7 Å². The minimum Gasteiger partial charge on any atom is -0.450 e. The van der Waals surface area contributed by atoms with Crippen molar-refractivity contribution in [1.29, 1.82) is 0 Å². The van der Waals surface area contributed by atoms with E-state index in [4.69, 9.17) is 4.74 Å². The van der Waals surface area contributed by atoms with E-state index in [-0.39, 0.29) is 6.09 Å². The Kier molecular flexibility index (Phi) is 5.19. The summed E-state index contributed by atoms with van der Waals surface area (Å²) < 4.78 is 5.02. The molecule has 7 nitrogen and oxygen atoms in total. The first-order valence-corrected chi connectivity index (χ1v) is 7.33. The Bertz CT molecular complexity index is 486. The fourth-order valence-electron chi connectivity index (χ4n) is 2.46. The first-order valence-electron chi connectivity index (χ1n) is 7.33. The summed E-state index contributed by atoms with van der Waals surface area (Å²) in [4.78, 5) is 21.9. The number of ether oxygens (including phenoxy) is 1. The third-order valence-corrected chi connectivity index (χ3v) is 3.68. The molecule has 0 saturated carbocycles. The summed E-state index contributed by atoms with van der Waals surface area (Å²) in [5.74, 6) is 1.68. The van der Waals surface area contributed by atoms with Crippen LogP contribution in [0.1, 0.15) is 25.3 Å². The van der Waals surface area contributed by atoms with E-state index in [1.165, 1.54) is 0 Å². The van der Waals surface area contributed by atoms with E-state index in [2.05, 4.69) is 20.6 Å². The number of hydrogen-bond acceptors (Lipinski definition) is 6. The number of likely N-dealkylation sites (tertiary alicyclic amines) is 1. The Morgan fingerprint density at radius 1 is 1.38 bits per heavy atom. The molecule has 1 aliphatic heterocycles. The largest absolute Gasteiger partial charge is 0.450 e. The molecule has 0 radical (unpaired) electrons. The zero-order valence-electron chi connectivity index (χ0n) is 12.8. The third-order valence-electron chi connectivity index (χ3n) is 3.68. The molecule has 1 aromatic heterocycles. The fraction of sp³-hybridized carbons (Fsp3) is 0.643. The maximum absolute atomic E-state index is 11.7. The molecule has 1 fully saturated rings. The molecule has 2 rings (SSSR count). The van der Waals surface area contributed by atoms with Crippen LogP contribution in [0.4, 0.5) is 16.4 Å². The van der Waals surface area contributed by atoms with Crippen LogP contribution in [-0.4, -0.2) is 53.7 Å². The van der Waals surface area contributed by atoms with Crippen LogP contribution in [-0.2, 0) is 4.74 Å². The first kappa shape index (κ1) is 15.3. The molecule has 1 amide bonds. The zero-order valence-corrected chi connectivity index (χ0v) is 12.8. The number of piperidine rings is 1. The Labute approximate surface area is 125 Å². The second kappa shape index (κ2) is 7.10. The Morgan fingerprint density at radius 3 is 2.67 bits per heavy atom. The molecule has 1 aliphatic rings. The highest BCUT2D eigenvalue weighted by Crippen LogP contribution is 2.21. The van der Waals surface area contributed by atoms with Crippen LogP contribution in [0.5, 0.6) is 0 Å². The fourth-order valence-corrected chi connectivity index (χ4v) is 2.46. The smallest absolute Gasteiger partial charge is 0.409 e. The predicted octanol–water partition coefficient (Wildman–Crippen LogP) is 1.86. The van der Waals surface area contributed by atoms with Gasteiger partial charge in [-0.1, -0.05) is 0 Å². The maximum Gasteiger partial charge on any atom is 0.409 e. The number of nitrogens with one attached hydrogen (secondary N) is 2. The van der Waals surface area contributed by atoms with Crippen molar-refractivity contribution >= 4 is 17.7 Å². The molecule has 21 heavy (non-hydrogen) atoms. The van der Waals surface area contributed by atoms with Gasteiger partial charge < -0.3 is 20.3 Å². The van der Waals surface area contributed by atoms with Crippen molar-refractivity contribution in [3.63, 3.8) is 0 Å². The van der Waals surface area contributed by atoms with Crippen LogP contribution < -0.4 is 10.6 Å². The lowest BCUT2D eigenvalue weighted by atomic mass is 10.1. The molecular formula is C14H23N5O2. The molecule has 1 saturated heterocycles. The molecule has 0 unspecified atom stereocenters. The van der Waals surface area contributed by atoms with Gasteiger partial charge in [-0.3, -0.25) is 0 Å². The van der Waals surface area contributed by atoms with Gasteiger partial charge in [-0.2, -0.15) is 0 Å². The topological polar surface area (TPSA) is 79.4 Å². The summed E-state index contributed by atoms with van der Waals surface area (Å²) >= 11 is 0. The summed E-state index contributed by atoms with van der Waals surface area (Å²) in [6.45, 7) is 5.65. The molecule has 0 spiro atoms. The standard InChI is InChI=1S/C14H23N5O2/c1-4-21-14(20)19-7-5-11(6-8-19)18-13-10(2)12(15-3)16-9-17-13/h9,11H,4-8H2,1-3H3,(H2,15,16,17,18). The van der Waals surface area contributed by atoms with Crippen molar-refractivity contribution < 1.29 is 9.53 Å². The molecule has 0 atom stereocenters. The van der Waals surface area contributed by atoms with E-state index < -0.39 is 0 Å². The van der Waals surface area contributed by atoms with E-state index in [1.54, 1.807) is 11.2 Å². The second-order valence-corrected chi connectivity index (χ2v) is 5.05. The van der Waals surface area contributed by atoms with Gasteiger partial charge in [0.25, 0.3) is 0 Å². The maximum atomic E-state index is 11.7. The van der Waals surface area contributed by atoms with Crippen molar-refractivity contribution in [2.45, 2.75) is 32.7 Å². The van der Waals surface area contributed by atoms with E-state index in [0.717, 1.165) is 30.0 Å². The molecule has 7 heteroatoms. The Hall–Kier alpha value is -2.05. The van der Waals surface area contributed by atoms with Crippen molar-refractivity contribution in [3.05, 3.63) is 11.9 Å².